The van der Waals surface area contributed by atoms with Crippen LogP contribution in [0, 0.1) is 0 Å². The number of benzene rings is 1. The average molecular weight is 358 g/mol. The van der Waals surface area contributed by atoms with Crippen LogP contribution >= 0.6 is 23.2 Å². The highest BCUT2D eigenvalue weighted by Gasteiger charge is 2.32. The van der Waals surface area contributed by atoms with E-state index in [4.69, 9.17) is 28.9 Å². The van der Waals surface area contributed by atoms with Crippen molar-refractivity contribution in [3.05, 3.63) is 33.9 Å². The van der Waals surface area contributed by atoms with Crippen molar-refractivity contribution in [2.45, 2.75) is 11.1 Å². The maximum Gasteiger partial charge on any atom is 0.416 e. The van der Waals surface area contributed by atoms with Gasteiger partial charge in [-0.15, -0.1) is 0 Å². The Kier molecular flexibility index (Phi) is 4.23. The lowest BCUT2D eigenvalue weighted by molar-refractivity contribution is -0.137. The Hall–Kier alpha value is -1.25. The number of halogens is 5. The number of anilines is 1. The molecule has 1 aromatic heterocycles. The molecule has 0 amide bonds. The number of hydrogen-bond acceptors (Lipinski definition) is 3. The first kappa shape index (κ1) is 16.1. The Balaban J connectivity index is 2.63. The highest BCUT2D eigenvalue weighted by molar-refractivity contribution is 7.84. The van der Waals surface area contributed by atoms with Crippen molar-refractivity contribution in [1.29, 1.82) is 0 Å². The summed E-state index contributed by atoms with van der Waals surface area (Å²) >= 11 is 11.7. The fourth-order valence-corrected chi connectivity index (χ4v) is 2.90. The zero-order valence-corrected chi connectivity index (χ0v) is 12.7. The lowest BCUT2D eigenvalue weighted by Crippen LogP contribution is -2.09. The molecule has 0 bridgehead atoms. The van der Waals surface area contributed by atoms with Gasteiger partial charge >= 0.3 is 6.18 Å². The molecule has 4 nitrogen and oxygen atoms in total. The van der Waals surface area contributed by atoms with Gasteiger partial charge in [0.2, 0.25) is 0 Å². The monoisotopic (exact) mass is 357 g/mol. The molecule has 1 aromatic carbocycles. The van der Waals surface area contributed by atoms with E-state index in [-0.39, 0.29) is 26.4 Å². The summed E-state index contributed by atoms with van der Waals surface area (Å²) < 4.78 is 50.5. The van der Waals surface area contributed by atoms with E-state index in [0.717, 1.165) is 16.8 Å². The second kappa shape index (κ2) is 5.51. The van der Waals surface area contributed by atoms with E-state index in [1.54, 1.807) is 0 Å². The van der Waals surface area contributed by atoms with Gasteiger partial charge in [0, 0.05) is 6.26 Å². The SMILES string of the molecule is CS(=O)c1cnn(-c2c(Cl)cc(C(F)(F)F)cc2Cl)c1N. The van der Waals surface area contributed by atoms with Gasteiger partial charge in [0.15, 0.2) is 0 Å². The predicted octanol–water partition coefficient (Wildman–Crippen LogP) is 3.52. The van der Waals surface area contributed by atoms with Crippen LogP contribution in [0.1, 0.15) is 5.56 Å². The predicted molar refractivity (Wildman–Crippen MR) is 75.3 cm³/mol. The molecular formula is C11H8Cl2F3N3OS. The molecule has 2 rings (SSSR count). The number of hydrogen-bond donors (Lipinski definition) is 1. The van der Waals surface area contributed by atoms with E-state index in [2.05, 4.69) is 5.10 Å². The molecule has 1 atom stereocenters. The molecule has 21 heavy (non-hydrogen) atoms. The van der Waals surface area contributed by atoms with Crippen LogP contribution in [0.4, 0.5) is 19.0 Å². The maximum absolute atomic E-state index is 12.7. The topological polar surface area (TPSA) is 60.9 Å². The largest absolute Gasteiger partial charge is 0.416 e. The van der Waals surface area contributed by atoms with Crippen molar-refractivity contribution >= 4 is 39.8 Å². The summed E-state index contributed by atoms with van der Waals surface area (Å²) in [6, 6.07) is 1.46. The van der Waals surface area contributed by atoms with Crippen LogP contribution in [0.5, 0.6) is 0 Å². The lowest BCUT2D eigenvalue weighted by Gasteiger charge is -2.13. The van der Waals surface area contributed by atoms with E-state index >= 15 is 0 Å². The van der Waals surface area contributed by atoms with E-state index in [9.17, 15) is 17.4 Å². The average Bonchev–Trinajstić information content (AvgIpc) is 2.69. The molecule has 0 aliphatic rings. The van der Waals surface area contributed by atoms with Crippen molar-refractivity contribution in [3.63, 3.8) is 0 Å². The molecule has 0 aliphatic heterocycles. The summed E-state index contributed by atoms with van der Waals surface area (Å²) in [7, 11) is -1.40. The van der Waals surface area contributed by atoms with Crippen LogP contribution in [0.25, 0.3) is 5.69 Å². The minimum atomic E-state index is -4.57. The maximum atomic E-state index is 12.7. The van der Waals surface area contributed by atoms with Gasteiger partial charge in [-0.05, 0) is 12.1 Å². The van der Waals surface area contributed by atoms with Gasteiger partial charge in [-0.25, -0.2) is 4.68 Å². The van der Waals surface area contributed by atoms with Crippen LogP contribution in [0.2, 0.25) is 10.0 Å². The van der Waals surface area contributed by atoms with Gasteiger partial charge in [-0.1, -0.05) is 23.2 Å². The standard InChI is InChI=1S/C11H8Cl2F3N3OS/c1-21(20)8-4-18-19(10(8)17)9-6(12)2-5(3-7(9)13)11(14,15)16/h2-4H,17H2,1H3. The van der Waals surface area contributed by atoms with Crippen LogP contribution in [0.3, 0.4) is 0 Å². The third-order valence-corrected chi connectivity index (χ3v) is 4.15. The summed E-state index contributed by atoms with van der Waals surface area (Å²) in [6.45, 7) is 0. The summed E-state index contributed by atoms with van der Waals surface area (Å²) in [4.78, 5) is 0.238. The lowest BCUT2D eigenvalue weighted by atomic mass is 10.2. The number of nitrogens with zero attached hydrogens (tertiary/aromatic N) is 2. The fraction of sp³-hybridized carbons (Fsp3) is 0.182. The Labute approximate surface area is 130 Å². The first-order valence-electron chi connectivity index (χ1n) is 5.36. The fourth-order valence-electron chi connectivity index (χ4n) is 1.67. The Morgan fingerprint density at radius 3 is 2.19 bits per heavy atom. The minimum absolute atomic E-state index is 0.000494. The van der Waals surface area contributed by atoms with Gasteiger partial charge in [0.1, 0.15) is 16.4 Å². The van der Waals surface area contributed by atoms with E-state index in [1.807, 2.05) is 0 Å². The summed E-state index contributed by atoms with van der Waals surface area (Å²) in [5, 5.41) is 3.34. The van der Waals surface area contributed by atoms with Gasteiger partial charge < -0.3 is 5.73 Å². The van der Waals surface area contributed by atoms with Crippen molar-refractivity contribution < 1.29 is 17.4 Å². The molecule has 0 aliphatic carbocycles. The molecule has 2 aromatic rings. The van der Waals surface area contributed by atoms with E-state index in [0.29, 0.717) is 0 Å². The molecule has 1 unspecified atom stereocenters. The summed E-state index contributed by atoms with van der Waals surface area (Å²) in [5.41, 5.74) is 4.79. The molecule has 2 N–H and O–H groups in total. The molecule has 0 spiro atoms. The van der Waals surface area contributed by atoms with Crippen molar-refractivity contribution in [2.75, 3.05) is 12.0 Å². The number of aromatic nitrogens is 2. The molecule has 1 heterocycles. The second-order valence-electron chi connectivity index (χ2n) is 4.05. The Morgan fingerprint density at radius 2 is 1.81 bits per heavy atom. The number of alkyl halides is 3. The van der Waals surface area contributed by atoms with Crippen LogP contribution in [-0.4, -0.2) is 20.2 Å². The zero-order valence-electron chi connectivity index (χ0n) is 10.4. The number of nitrogen functional groups attached to an aromatic ring is 1. The summed E-state index contributed by atoms with van der Waals surface area (Å²) in [5.74, 6) is -0.000563. The first-order chi connectivity index (χ1) is 9.62. The number of rotatable bonds is 2. The minimum Gasteiger partial charge on any atom is -0.383 e. The Bertz CT molecular complexity index is 707. The van der Waals surface area contributed by atoms with Crippen LogP contribution in [0.15, 0.2) is 23.2 Å². The van der Waals surface area contributed by atoms with Gasteiger partial charge in [0.05, 0.1) is 32.6 Å². The van der Waals surface area contributed by atoms with Gasteiger partial charge in [0.25, 0.3) is 0 Å². The normalized spacial score (nSPS) is 13.4. The van der Waals surface area contributed by atoms with Crippen LogP contribution in [-0.2, 0) is 17.0 Å². The highest BCUT2D eigenvalue weighted by atomic mass is 35.5. The van der Waals surface area contributed by atoms with Crippen molar-refractivity contribution in [1.82, 2.24) is 9.78 Å². The highest BCUT2D eigenvalue weighted by Crippen LogP contribution is 2.38. The van der Waals surface area contributed by atoms with E-state index < -0.39 is 22.5 Å². The molecule has 0 radical (unpaired) electrons. The zero-order chi connectivity index (χ0) is 15.9. The van der Waals surface area contributed by atoms with Crippen LogP contribution < -0.4 is 5.73 Å². The number of nitrogens with two attached hydrogens (primary N) is 1. The van der Waals surface area contributed by atoms with Crippen molar-refractivity contribution in [3.8, 4) is 5.69 Å². The Morgan fingerprint density at radius 1 is 1.29 bits per heavy atom. The quantitative estimate of drug-likeness (QED) is 0.894. The van der Waals surface area contributed by atoms with Gasteiger partial charge in [-0.3, -0.25) is 4.21 Å². The molecule has 114 valence electrons. The first-order valence-corrected chi connectivity index (χ1v) is 7.68. The molecule has 0 saturated heterocycles. The molecular weight excluding hydrogens is 350 g/mol. The molecule has 0 fully saturated rings. The molecule has 0 saturated carbocycles. The molecule has 10 heteroatoms. The van der Waals surface area contributed by atoms with Crippen molar-refractivity contribution in [2.24, 2.45) is 0 Å². The van der Waals surface area contributed by atoms with Gasteiger partial charge in [-0.2, -0.15) is 18.3 Å². The van der Waals surface area contributed by atoms with E-state index in [1.165, 1.54) is 12.5 Å². The third-order valence-electron chi connectivity index (χ3n) is 2.64. The summed E-state index contributed by atoms with van der Waals surface area (Å²) in [6.07, 6.45) is -1.93. The second-order valence-corrected chi connectivity index (χ2v) is 6.21. The third kappa shape index (κ3) is 3.02. The smallest absolute Gasteiger partial charge is 0.383 e.